The van der Waals surface area contributed by atoms with Gasteiger partial charge >= 0.3 is 5.69 Å². The van der Waals surface area contributed by atoms with Crippen LogP contribution in [0.4, 0.5) is 5.82 Å². The maximum Gasteiger partial charge on any atom is 0.332 e. The van der Waals surface area contributed by atoms with Gasteiger partial charge in [0.2, 0.25) is 0 Å². The van der Waals surface area contributed by atoms with E-state index in [1.807, 2.05) is 43.3 Å². The van der Waals surface area contributed by atoms with Crippen LogP contribution in [0.3, 0.4) is 0 Å². The van der Waals surface area contributed by atoms with Gasteiger partial charge in [0.1, 0.15) is 17.6 Å². The van der Waals surface area contributed by atoms with Crippen LogP contribution in [0.2, 0.25) is 0 Å². The van der Waals surface area contributed by atoms with Gasteiger partial charge in [0.15, 0.2) is 5.56 Å². The number of aromatic nitrogens is 5. The zero-order valence-corrected chi connectivity index (χ0v) is 14.5. The molecule has 0 aliphatic rings. The molecule has 0 aliphatic carbocycles. The SMILES string of the molecule is CC(Nc1c(C#N)c(=O)n(C)c(=O)n1C)c1cn(-c2ccccc2)nn1. The maximum absolute atomic E-state index is 12.2. The second-order valence-electron chi connectivity index (χ2n) is 5.83. The van der Waals surface area contributed by atoms with Crippen molar-refractivity contribution >= 4 is 5.82 Å². The Kier molecular flexibility index (Phi) is 4.41. The van der Waals surface area contributed by atoms with Crippen LogP contribution in [0, 0.1) is 11.3 Å². The lowest BCUT2D eigenvalue weighted by Gasteiger charge is -2.17. The Balaban J connectivity index is 1.96. The average Bonchev–Trinajstić information content (AvgIpc) is 3.15. The van der Waals surface area contributed by atoms with Gasteiger partial charge in [0, 0.05) is 14.1 Å². The standard InChI is InChI=1S/C17H17N7O2/c1-11(14-10-24(21-20-14)12-7-5-4-6-8-12)19-15-13(9-18)16(25)23(3)17(26)22(15)2/h4-8,10-11,19H,1-3H3. The van der Waals surface area contributed by atoms with Crippen molar-refractivity contribution in [3.8, 4) is 11.8 Å². The maximum atomic E-state index is 12.2. The zero-order chi connectivity index (χ0) is 18.8. The molecular weight excluding hydrogens is 334 g/mol. The van der Waals surface area contributed by atoms with Crippen LogP contribution in [0.25, 0.3) is 5.69 Å². The van der Waals surface area contributed by atoms with Crippen molar-refractivity contribution in [1.82, 2.24) is 24.1 Å². The average molecular weight is 351 g/mol. The fourth-order valence-corrected chi connectivity index (χ4v) is 2.58. The summed E-state index contributed by atoms with van der Waals surface area (Å²) in [5.41, 5.74) is 0.176. The molecule has 26 heavy (non-hydrogen) atoms. The first-order chi connectivity index (χ1) is 12.4. The highest BCUT2D eigenvalue weighted by Crippen LogP contribution is 2.18. The first-order valence-electron chi connectivity index (χ1n) is 7.88. The summed E-state index contributed by atoms with van der Waals surface area (Å²) in [7, 11) is 2.84. The van der Waals surface area contributed by atoms with Crippen molar-refractivity contribution in [2.75, 3.05) is 5.32 Å². The van der Waals surface area contributed by atoms with Gasteiger partial charge in [-0.05, 0) is 19.1 Å². The molecule has 0 radical (unpaired) electrons. The molecule has 1 aromatic carbocycles. The van der Waals surface area contributed by atoms with E-state index in [1.165, 1.54) is 18.7 Å². The number of benzene rings is 1. The molecule has 2 heterocycles. The molecule has 2 aromatic heterocycles. The lowest BCUT2D eigenvalue weighted by molar-refractivity contribution is 0.675. The molecule has 0 saturated carbocycles. The predicted molar refractivity (Wildman–Crippen MR) is 95.0 cm³/mol. The summed E-state index contributed by atoms with van der Waals surface area (Å²) in [6, 6.07) is 11.0. The van der Waals surface area contributed by atoms with Crippen LogP contribution in [0.15, 0.2) is 46.1 Å². The van der Waals surface area contributed by atoms with E-state index in [0.717, 1.165) is 10.3 Å². The Morgan fingerprint density at radius 1 is 1.15 bits per heavy atom. The molecule has 0 fully saturated rings. The third-order valence-corrected chi connectivity index (χ3v) is 4.11. The first kappa shape index (κ1) is 17.2. The minimum absolute atomic E-state index is 0.128. The second kappa shape index (κ2) is 6.68. The third kappa shape index (κ3) is 2.88. The Bertz CT molecular complexity index is 1100. The summed E-state index contributed by atoms with van der Waals surface area (Å²) >= 11 is 0. The molecule has 132 valence electrons. The fourth-order valence-electron chi connectivity index (χ4n) is 2.58. The zero-order valence-electron chi connectivity index (χ0n) is 14.5. The normalized spacial score (nSPS) is 11.8. The van der Waals surface area contributed by atoms with Crippen LogP contribution in [0.1, 0.15) is 24.2 Å². The summed E-state index contributed by atoms with van der Waals surface area (Å²) in [5, 5.41) is 20.6. The Labute approximate surface area is 148 Å². The van der Waals surface area contributed by atoms with Gasteiger partial charge in [-0.3, -0.25) is 13.9 Å². The Morgan fingerprint density at radius 2 is 1.85 bits per heavy atom. The summed E-state index contributed by atoms with van der Waals surface area (Å²) in [6.45, 7) is 1.81. The van der Waals surface area contributed by atoms with Crippen LogP contribution >= 0.6 is 0 Å². The van der Waals surface area contributed by atoms with Gasteiger partial charge in [0.05, 0.1) is 17.9 Å². The molecule has 0 spiro atoms. The van der Waals surface area contributed by atoms with E-state index in [2.05, 4.69) is 15.6 Å². The Morgan fingerprint density at radius 3 is 2.50 bits per heavy atom. The molecule has 0 aliphatic heterocycles. The molecule has 0 saturated heterocycles. The molecule has 1 N–H and O–H groups in total. The number of hydrogen-bond donors (Lipinski definition) is 1. The summed E-state index contributed by atoms with van der Waals surface area (Å²) in [5.74, 6) is 0.155. The van der Waals surface area contributed by atoms with Crippen molar-refractivity contribution in [3.05, 3.63) is 68.6 Å². The van der Waals surface area contributed by atoms with E-state index >= 15 is 0 Å². The smallest absolute Gasteiger partial charge is 0.332 e. The molecule has 0 amide bonds. The number of nitrogens with one attached hydrogen (secondary N) is 1. The highest BCUT2D eigenvalue weighted by molar-refractivity contribution is 5.52. The number of nitrogens with zero attached hydrogens (tertiary/aromatic N) is 6. The number of rotatable bonds is 4. The van der Waals surface area contributed by atoms with Crippen LogP contribution in [-0.2, 0) is 14.1 Å². The highest BCUT2D eigenvalue weighted by Gasteiger charge is 2.19. The molecule has 3 aromatic rings. The largest absolute Gasteiger partial charge is 0.362 e. The van der Waals surface area contributed by atoms with E-state index in [1.54, 1.807) is 10.9 Å². The van der Waals surface area contributed by atoms with Crippen molar-refractivity contribution in [3.63, 3.8) is 0 Å². The number of nitriles is 1. The quantitative estimate of drug-likeness (QED) is 0.741. The molecule has 1 unspecified atom stereocenters. The molecule has 0 bridgehead atoms. The van der Waals surface area contributed by atoms with Crippen LogP contribution in [0.5, 0.6) is 0 Å². The topological polar surface area (TPSA) is 111 Å². The highest BCUT2D eigenvalue weighted by atomic mass is 16.2. The van der Waals surface area contributed by atoms with E-state index in [9.17, 15) is 14.9 Å². The van der Waals surface area contributed by atoms with Gasteiger partial charge in [-0.15, -0.1) is 5.10 Å². The van der Waals surface area contributed by atoms with Gasteiger partial charge in [-0.25, -0.2) is 9.48 Å². The summed E-state index contributed by atoms with van der Waals surface area (Å²) in [4.78, 5) is 24.3. The lowest BCUT2D eigenvalue weighted by Crippen LogP contribution is -2.40. The second-order valence-corrected chi connectivity index (χ2v) is 5.83. The van der Waals surface area contributed by atoms with Gasteiger partial charge < -0.3 is 5.32 Å². The fraction of sp³-hybridized carbons (Fsp3) is 0.235. The minimum Gasteiger partial charge on any atom is -0.362 e. The van der Waals surface area contributed by atoms with Crippen molar-refractivity contribution < 1.29 is 0 Å². The lowest BCUT2D eigenvalue weighted by atomic mass is 10.2. The molecule has 3 rings (SSSR count). The molecule has 9 heteroatoms. The van der Waals surface area contributed by atoms with Gasteiger partial charge in [0.25, 0.3) is 5.56 Å². The van der Waals surface area contributed by atoms with Gasteiger partial charge in [-0.2, -0.15) is 5.26 Å². The van der Waals surface area contributed by atoms with Crippen molar-refractivity contribution in [2.45, 2.75) is 13.0 Å². The molecule has 1 atom stereocenters. The summed E-state index contributed by atoms with van der Waals surface area (Å²) in [6.07, 6.45) is 1.75. The van der Waals surface area contributed by atoms with E-state index in [0.29, 0.717) is 5.69 Å². The molecular formula is C17H17N7O2. The van der Waals surface area contributed by atoms with Crippen molar-refractivity contribution in [2.24, 2.45) is 14.1 Å². The van der Waals surface area contributed by atoms with E-state index in [-0.39, 0.29) is 17.4 Å². The van der Waals surface area contributed by atoms with Crippen LogP contribution in [-0.4, -0.2) is 24.1 Å². The monoisotopic (exact) mass is 351 g/mol. The third-order valence-electron chi connectivity index (χ3n) is 4.11. The number of para-hydroxylation sites is 1. The van der Waals surface area contributed by atoms with Crippen molar-refractivity contribution in [1.29, 1.82) is 5.26 Å². The van der Waals surface area contributed by atoms with Gasteiger partial charge in [-0.1, -0.05) is 23.4 Å². The number of anilines is 1. The van der Waals surface area contributed by atoms with E-state index < -0.39 is 11.2 Å². The Hall–Kier alpha value is -3.67. The van der Waals surface area contributed by atoms with E-state index in [4.69, 9.17) is 0 Å². The predicted octanol–water partition coefficient (Wildman–Crippen LogP) is 0.709. The van der Waals surface area contributed by atoms with Crippen LogP contribution < -0.4 is 16.6 Å². The first-order valence-corrected chi connectivity index (χ1v) is 7.88. The summed E-state index contributed by atoms with van der Waals surface area (Å²) < 4.78 is 3.76. The minimum atomic E-state index is -0.641. The molecule has 9 nitrogen and oxygen atoms in total. The number of hydrogen-bond acceptors (Lipinski definition) is 6.